The van der Waals surface area contributed by atoms with Crippen molar-refractivity contribution in [1.29, 1.82) is 0 Å². The number of carbonyl (C=O) groups excluding carboxylic acids is 2. The van der Waals surface area contributed by atoms with Gasteiger partial charge in [-0.2, -0.15) is 0 Å². The second kappa shape index (κ2) is 7.19. The number of hydrogen-bond donors (Lipinski definition) is 2. The Morgan fingerprint density at radius 2 is 1.75 bits per heavy atom. The molecule has 0 saturated carbocycles. The van der Waals surface area contributed by atoms with Crippen LogP contribution in [0.5, 0.6) is 0 Å². The van der Waals surface area contributed by atoms with Crippen LogP contribution in [0.2, 0.25) is 0 Å². The molecule has 3 aromatic rings. The molecular weight excluding hydrogens is 352 g/mol. The smallest absolute Gasteiger partial charge is 0.251 e. The lowest BCUT2D eigenvalue weighted by atomic mass is 10.1. The second-order valence-corrected chi connectivity index (χ2v) is 6.76. The van der Waals surface area contributed by atoms with Crippen LogP contribution in [-0.2, 0) is 16.1 Å². The van der Waals surface area contributed by atoms with E-state index in [0.29, 0.717) is 17.8 Å². The number of aliphatic hydroxyl groups excluding tert-OH is 1. The van der Waals surface area contributed by atoms with E-state index in [1.807, 2.05) is 42.5 Å². The lowest BCUT2D eigenvalue weighted by Gasteiger charge is -2.23. The maximum atomic E-state index is 13.0. The van der Waals surface area contributed by atoms with Crippen molar-refractivity contribution in [3.05, 3.63) is 83.4 Å². The number of aliphatic hydroxyl groups is 1. The average molecular weight is 372 g/mol. The number of likely N-dealkylation sites (N-methyl/N-ethyl adjacent to an activating group) is 1. The SMILES string of the molecule is CNC(=O)C1=C(O)c2ccccc2N(Cc2ccc3ccccc3c2)C(=O)C1. The van der Waals surface area contributed by atoms with Gasteiger partial charge in [0.25, 0.3) is 5.91 Å². The number of anilines is 1. The van der Waals surface area contributed by atoms with Crippen LogP contribution in [0.25, 0.3) is 16.5 Å². The maximum absolute atomic E-state index is 13.0. The van der Waals surface area contributed by atoms with Crippen LogP contribution in [-0.4, -0.2) is 24.0 Å². The summed E-state index contributed by atoms with van der Waals surface area (Å²) < 4.78 is 0. The Morgan fingerprint density at radius 1 is 1.04 bits per heavy atom. The quantitative estimate of drug-likeness (QED) is 0.735. The molecule has 5 nitrogen and oxygen atoms in total. The maximum Gasteiger partial charge on any atom is 0.251 e. The predicted octanol–water partition coefficient (Wildman–Crippen LogP) is 3.79. The van der Waals surface area contributed by atoms with E-state index in [1.54, 1.807) is 23.1 Å². The molecule has 0 saturated heterocycles. The van der Waals surface area contributed by atoms with Gasteiger partial charge in [0.1, 0.15) is 5.76 Å². The Kier molecular flexibility index (Phi) is 4.57. The third-order valence-corrected chi connectivity index (χ3v) is 5.02. The third-order valence-electron chi connectivity index (χ3n) is 5.02. The fraction of sp³-hybridized carbons (Fsp3) is 0.130. The molecule has 1 aliphatic heterocycles. The van der Waals surface area contributed by atoms with Crippen LogP contribution < -0.4 is 10.2 Å². The molecule has 0 atom stereocenters. The van der Waals surface area contributed by atoms with Gasteiger partial charge in [0, 0.05) is 12.6 Å². The second-order valence-electron chi connectivity index (χ2n) is 6.76. The van der Waals surface area contributed by atoms with Crippen LogP contribution in [0.3, 0.4) is 0 Å². The molecule has 5 heteroatoms. The number of carbonyl (C=O) groups is 2. The fourth-order valence-electron chi connectivity index (χ4n) is 3.57. The van der Waals surface area contributed by atoms with Crippen molar-refractivity contribution in [2.75, 3.05) is 11.9 Å². The van der Waals surface area contributed by atoms with Crippen molar-refractivity contribution in [3.8, 4) is 0 Å². The predicted molar refractivity (Wildman–Crippen MR) is 110 cm³/mol. The first-order valence-electron chi connectivity index (χ1n) is 9.10. The van der Waals surface area contributed by atoms with E-state index in [0.717, 1.165) is 16.3 Å². The summed E-state index contributed by atoms with van der Waals surface area (Å²) >= 11 is 0. The Morgan fingerprint density at radius 3 is 2.54 bits per heavy atom. The Hall–Kier alpha value is -3.60. The fourth-order valence-corrected chi connectivity index (χ4v) is 3.57. The summed E-state index contributed by atoms with van der Waals surface area (Å²) in [7, 11) is 1.48. The highest BCUT2D eigenvalue weighted by molar-refractivity contribution is 6.10. The number of hydrogen-bond acceptors (Lipinski definition) is 3. The monoisotopic (exact) mass is 372 g/mol. The number of amides is 2. The number of fused-ring (bicyclic) bond motifs is 2. The highest BCUT2D eigenvalue weighted by Gasteiger charge is 2.30. The lowest BCUT2D eigenvalue weighted by Crippen LogP contribution is -2.31. The van der Waals surface area contributed by atoms with E-state index >= 15 is 0 Å². The third kappa shape index (κ3) is 3.11. The van der Waals surface area contributed by atoms with E-state index in [4.69, 9.17) is 0 Å². The summed E-state index contributed by atoms with van der Waals surface area (Å²) in [6, 6.07) is 21.2. The van der Waals surface area contributed by atoms with Crippen molar-refractivity contribution in [3.63, 3.8) is 0 Å². The topological polar surface area (TPSA) is 69.6 Å². The molecule has 0 fully saturated rings. The number of nitrogens with zero attached hydrogens (tertiary/aromatic N) is 1. The van der Waals surface area contributed by atoms with Gasteiger partial charge < -0.3 is 15.3 Å². The van der Waals surface area contributed by atoms with Crippen LogP contribution in [0.1, 0.15) is 17.5 Å². The summed E-state index contributed by atoms with van der Waals surface area (Å²) in [5, 5.41) is 15.4. The molecule has 0 bridgehead atoms. The summed E-state index contributed by atoms with van der Waals surface area (Å²) in [4.78, 5) is 26.8. The molecule has 140 valence electrons. The molecule has 0 spiro atoms. The summed E-state index contributed by atoms with van der Waals surface area (Å²) in [6.45, 7) is 0.356. The summed E-state index contributed by atoms with van der Waals surface area (Å²) in [5.41, 5.74) is 2.13. The highest BCUT2D eigenvalue weighted by atomic mass is 16.3. The Bertz CT molecular complexity index is 1120. The molecule has 2 amide bonds. The number of para-hydroxylation sites is 1. The van der Waals surface area contributed by atoms with Crippen molar-refractivity contribution in [2.45, 2.75) is 13.0 Å². The average Bonchev–Trinajstić information content (AvgIpc) is 2.83. The van der Waals surface area contributed by atoms with Gasteiger partial charge >= 0.3 is 0 Å². The first kappa shape index (κ1) is 17.8. The molecule has 28 heavy (non-hydrogen) atoms. The normalized spacial score (nSPS) is 14.0. The van der Waals surface area contributed by atoms with E-state index < -0.39 is 5.91 Å². The van der Waals surface area contributed by atoms with Crippen molar-refractivity contribution >= 4 is 34.0 Å². The van der Waals surface area contributed by atoms with Crippen LogP contribution in [0.15, 0.2) is 72.3 Å². The minimum Gasteiger partial charge on any atom is -0.507 e. The molecule has 2 N–H and O–H groups in total. The summed E-state index contributed by atoms with van der Waals surface area (Å²) in [5.74, 6) is -0.833. The van der Waals surface area contributed by atoms with E-state index in [2.05, 4.69) is 11.4 Å². The Labute approximate surface area is 162 Å². The minimum absolute atomic E-state index is 0.0842. The zero-order chi connectivity index (χ0) is 19.7. The zero-order valence-electron chi connectivity index (χ0n) is 15.5. The number of benzene rings is 3. The van der Waals surface area contributed by atoms with Crippen LogP contribution in [0.4, 0.5) is 5.69 Å². The van der Waals surface area contributed by atoms with Crippen molar-refractivity contribution in [2.24, 2.45) is 0 Å². The van der Waals surface area contributed by atoms with Crippen molar-refractivity contribution in [1.82, 2.24) is 5.32 Å². The minimum atomic E-state index is -0.451. The van der Waals surface area contributed by atoms with E-state index in [1.165, 1.54) is 7.05 Å². The van der Waals surface area contributed by atoms with Gasteiger partial charge in [-0.3, -0.25) is 9.59 Å². The van der Waals surface area contributed by atoms with Gasteiger partial charge in [-0.05, 0) is 34.5 Å². The highest BCUT2D eigenvalue weighted by Crippen LogP contribution is 2.34. The molecule has 0 aromatic heterocycles. The van der Waals surface area contributed by atoms with E-state index in [9.17, 15) is 14.7 Å². The first-order chi connectivity index (χ1) is 13.6. The molecular formula is C23H20N2O3. The summed E-state index contributed by atoms with van der Waals surface area (Å²) in [6.07, 6.45) is -0.159. The molecule has 0 radical (unpaired) electrons. The molecule has 1 heterocycles. The van der Waals surface area contributed by atoms with Crippen LogP contribution >= 0.6 is 0 Å². The van der Waals surface area contributed by atoms with Gasteiger partial charge in [0.05, 0.1) is 24.2 Å². The van der Waals surface area contributed by atoms with Gasteiger partial charge in [-0.25, -0.2) is 0 Å². The standard InChI is InChI=1S/C23H20N2O3/c1-24-23(28)19-13-21(26)25(20-9-5-4-8-18(20)22(19)27)14-15-10-11-16-6-2-3-7-17(16)12-15/h2-12,27H,13-14H2,1H3,(H,24,28). The van der Waals surface area contributed by atoms with Gasteiger partial charge in [-0.15, -0.1) is 0 Å². The molecule has 4 rings (SSSR count). The van der Waals surface area contributed by atoms with Crippen molar-refractivity contribution < 1.29 is 14.7 Å². The van der Waals surface area contributed by atoms with Gasteiger partial charge in [0.2, 0.25) is 5.91 Å². The zero-order valence-corrected chi connectivity index (χ0v) is 15.5. The molecule has 3 aromatic carbocycles. The lowest BCUT2D eigenvalue weighted by molar-refractivity contribution is -0.121. The number of rotatable bonds is 3. The van der Waals surface area contributed by atoms with Crippen LogP contribution in [0, 0.1) is 0 Å². The Balaban J connectivity index is 1.76. The molecule has 1 aliphatic rings. The van der Waals surface area contributed by atoms with E-state index in [-0.39, 0.29) is 23.7 Å². The first-order valence-corrected chi connectivity index (χ1v) is 9.10. The largest absolute Gasteiger partial charge is 0.507 e. The molecule has 0 unspecified atom stereocenters. The number of nitrogens with one attached hydrogen (secondary N) is 1. The van der Waals surface area contributed by atoms with Gasteiger partial charge in [0.15, 0.2) is 0 Å². The van der Waals surface area contributed by atoms with Gasteiger partial charge in [-0.1, -0.05) is 48.5 Å². The molecule has 0 aliphatic carbocycles.